The van der Waals surface area contributed by atoms with Crippen LogP contribution in [0.25, 0.3) is 11.4 Å². The van der Waals surface area contributed by atoms with Gasteiger partial charge in [0.25, 0.3) is 5.91 Å². The molecule has 0 aliphatic carbocycles. The normalized spacial score (nSPS) is 15.4. The Hall–Kier alpha value is -4.08. The van der Waals surface area contributed by atoms with Crippen LogP contribution in [0.2, 0.25) is 0 Å². The molecule has 0 unspecified atom stereocenters. The van der Waals surface area contributed by atoms with Crippen LogP contribution in [0, 0.1) is 0 Å². The topological polar surface area (TPSA) is 116 Å². The molecule has 1 aromatic heterocycles. The molecule has 0 bridgehead atoms. The second-order valence-corrected chi connectivity index (χ2v) is 8.22. The molecule has 1 N–H and O–H groups in total. The molecular weight excluding hydrogens is 452 g/mol. The first-order valence-corrected chi connectivity index (χ1v) is 11.2. The summed E-state index contributed by atoms with van der Waals surface area (Å²) in [4.78, 5) is 30.9. The van der Waals surface area contributed by atoms with E-state index >= 15 is 0 Å². The average Bonchev–Trinajstić information content (AvgIpc) is 3.38. The predicted molar refractivity (Wildman–Crippen MR) is 128 cm³/mol. The Morgan fingerprint density at radius 3 is 2.34 bits per heavy atom. The summed E-state index contributed by atoms with van der Waals surface area (Å²) in [6.45, 7) is 2.54. The van der Waals surface area contributed by atoms with Gasteiger partial charge in [-0.25, -0.2) is 0 Å². The lowest BCUT2D eigenvalue weighted by atomic mass is 9.97. The van der Waals surface area contributed by atoms with Crippen molar-refractivity contribution in [3.8, 4) is 28.6 Å². The maximum Gasteiger partial charge on any atom is 0.254 e. The van der Waals surface area contributed by atoms with E-state index in [9.17, 15) is 9.59 Å². The Labute approximate surface area is 203 Å². The highest BCUT2D eigenvalue weighted by atomic mass is 16.5. The molecular formula is C25H28N4O6. The van der Waals surface area contributed by atoms with Crippen LogP contribution in [-0.2, 0) is 4.79 Å². The highest BCUT2D eigenvalue weighted by Gasteiger charge is 2.30. The molecule has 1 fully saturated rings. The summed E-state index contributed by atoms with van der Waals surface area (Å²) < 4.78 is 21.7. The van der Waals surface area contributed by atoms with Gasteiger partial charge in [-0.15, -0.1) is 0 Å². The Kier molecular flexibility index (Phi) is 7.19. The number of nitrogens with zero attached hydrogens (tertiary/aromatic N) is 3. The van der Waals surface area contributed by atoms with E-state index in [1.165, 1.54) is 28.3 Å². The molecule has 2 heterocycles. The Morgan fingerprint density at radius 2 is 1.74 bits per heavy atom. The number of amides is 2. The zero-order valence-electron chi connectivity index (χ0n) is 20.2. The monoisotopic (exact) mass is 480 g/mol. The fourth-order valence-corrected chi connectivity index (χ4v) is 4.17. The molecule has 1 saturated heterocycles. The number of aromatic nitrogens is 2. The van der Waals surface area contributed by atoms with Crippen molar-refractivity contribution in [3.05, 3.63) is 47.9 Å². The maximum atomic E-state index is 13.3. The van der Waals surface area contributed by atoms with Crippen molar-refractivity contribution in [1.29, 1.82) is 0 Å². The molecule has 184 valence electrons. The molecule has 0 spiro atoms. The summed E-state index contributed by atoms with van der Waals surface area (Å²) >= 11 is 0. The van der Waals surface area contributed by atoms with Crippen LogP contribution in [0.1, 0.15) is 41.9 Å². The molecule has 1 aliphatic heterocycles. The lowest BCUT2D eigenvalue weighted by Gasteiger charge is -2.31. The maximum absolute atomic E-state index is 13.3. The van der Waals surface area contributed by atoms with Crippen LogP contribution in [0.4, 0.5) is 5.69 Å². The van der Waals surface area contributed by atoms with Crippen molar-refractivity contribution in [1.82, 2.24) is 15.0 Å². The van der Waals surface area contributed by atoms with E-state index in [1.54, 1.807) is 29.2 Å². The number of ether oxygens (including phenoxy) is 3. The number of rotatable bonds is 7. The van der Waals surface area contributed by atoms with Crippen LogP contribution in [-0.4, -0.2) is 61.3 Å². The second kappa shape index (κ2) is 10.5. The van der Waals surface area contributed by atoms with Crippen molar-refractivity contribution in [2.24, 2.45) is 0 Å². The van der Waals surface area contributed by atoms with Gasteiger partial charge in [-0.3, -0.25) is 9.59 Å². The van der Waals surface area contributed by atoms with Gasteiger partial charge in [0.1, 0.15) is 0 Å². The van der Waals surface area contributed by atoms with Gasteiger partial charge in [-0.1, -0.05) is 5.16 Å². The SMILES string of the molecule is COc1cc(C(=O)N2CCC[C@H](c3nc(-c4ccc(NC(C)=O)cc4)no3)C2)cc(OC)c1OC. The van der Waals surface area contributed by atoms with Crippen LogP contribution >= 0.6 is 0 Å². The zero-order chi connectivity index (χ0) is 24.9. The van der Waals surface area contributed by atoms with Gasteiger partial charge in [0.2, 0.25) is 23.4 Å². The van der Waals surface area contributed by atoms with Crippen molar-refractivity contribution in [3.63, 3.8) is 0 Å². The third-order valence-electron chi connectivity index (χ3n) is 5.87. The summed E-state index contributed by atoms with van der Waals surface area (Å²) in [6, 6.07) is 10.5. The minimum absolute atomic E-state index is 0.0744. The first-order valence-electron chi connectivity index (χ1n) is 11.2. The van der Waals surface area contributed by atoms with Crippen molar-refractivity contribution in [2.45, 2.75) is 25.7 Å². The highest BCUT2D eigenvalue weighted by Crippen LogP contribution is 2.39. The number of hydrogen-bond acceptors (Lipinski definition) is 8. The lowest BCUT2D eigenvalue weighted by Crippen LogP contribution is -2.39. The van der Waals surface area contributed by atoms with E-state index in [2.05, 4.69) is 15.5 Å². The number of carbonyl (C=O) groups is 2. The number of likely N-dealkylation sites (tertiary alicyclic amines) is 1. The standard InChI is InChI=1S/C25H28N4O6/c1-15(30)26-19-9-7-16(8-10-19)23-27-24(35-28-23)17-6-5-11-29(14-17)25(31)18-12-20(32-2)22(34-4)21(13-18)33-3/h7-10,12-13,17H,5-6,11,14H2,1-4H3,(H,26,30)/t17-/m0/s1. The van der Waals surface area contributed by atoms with Gasteiger partial charge in [0.05, 0.1) is 27.2 Å². The molecule has 2 aromatic carbocycles. The number of benzene rings is 2. The summed E-state index contributed by atoms with van der Waals surface area (Å²) in [5.41, 5.74) is 1.92. The minimum atomic E-state index is -0.137. The minimum Gasteiger partial charge on any atom is -0.493 e. The number of methoxy groups -OCH3 is 3. The van der Waals surface area contributed by atoms with Gasteiger partial charge in [-0.2, -0.15) is 4.98 Å². The largest absolute Gasteiger partial charge is 0.493 e. The Bertz CT molecular complexity index is 1180. The van der Waals surface area contributed by atoms with Gasteiger partial charge in [-0.05, 0) is 49.2 Å². The van der Waals surface area contributed by atoms with Gasteiger partial charge >= 0.3 is 0 Å². The molecule has 10 heteroatoms. The first kappa shape index (κ1) is 24.1. The predicted octanol–water partition coefficient (Wildman–Crippen LogP) is 3.74. The molecule has 35 heavy (non-hydrogen) atoms. The number of piperidine rings is 1. The van der Waals surface area contributed by atoms with Gasteiger partial charge in [0, 0.05) is 36.8 Å². The van der Waals surface area contributed by atoms with Crippen molar-refractivity contribution in [2.75, 3.05) is 39.7 Å². The molecule has 0 radical (unpaired) electrons. The average molecular weight is 481 g/mol. The Balaban J connectivity index is 1.50. The van der Waals surface area contributed by atoms with Gasteiger partial charge < -0.3 is 29.0 Å². The van der Waals surface area contributed by atoms with Crippen molar-refractivity contribution >= 4 is 17.5 Å². The first-order chi connectivity index (χ1) is 16.9. The lowest BCUT2D eigenvalue weighted by molar-refractivity contribution is -0.114. The zero-order valence-corrected chi connectivity index (χ0v) is 20.2. The van der Waals surface area contributed by atoms with Gasteiger partial charge in [0.15, 0.2) is 11.5 Å². The summed E-state index contributed by atoms with van der Waals surface area (Å²) in [6.07, 6.45) is 1.64. The summed E-state index contributed by atoms with van der Waals surface area (Å²) in [5, 5.41) is 6.85. The third-order valence-corrected chi connectivity index (χ3v) is 5.87. The van der Waals surface area contributed by atoms with E-state index in [0.29, 0.717) is 53.3 Å². The highest BCUT2D eigenvalue weighted by molar-refractivity contribution is 5.95. The third kappa shape index (κ3) is 5.21. The number of hydrogen-bond donors (Lipinski definition) is 1. The number of anilines is 1. The van der Waals surface area contributed by atoms with E-state index in [4.69, 9.17) is 18.7 Å². The van der Waals surface area contributed by atoms with E-state index in [-0.39, 0.29) is 17.7 Å². The summed E-state index contributed by atoms with van der Waals surface area (Å²) in [5.74, 6) is 1.89. The summed E-state index contributed by atoms with van der Waals surface area (Å²) in [7, 11) is 4.55. The molecule has 1 aliphatic rings. The van der Waals surface area contributed by atoms with Crippen molar-refractivity contribution < 1.29 is 28.3 Å². The Morgan fingerprint density at radius 1 is 1.06 bits per heavy atom. The fraction of sp³-hybridized carbons (Fsp3) is 0.360. The molecule has 2 amide bonds. The van der Waals surface area contributed by atoms with Crippen LogP contribution in [0.5, 0.6) is 17.2 Å². The number of nitrogens with one attached hydrogen (secondary N) is 1. The molecule has 3 aromatic rings. The van der Waals surface area contributed by atoms with E-state index < -0.39 is 0 Å². The smallest absolute Gasteiger partial charge is 0.254 e. The quantitative estimate of drug-likeness (QED) is 0.544. The molecule has 1 atom stereocenters. The van der Waals surface area contributed by atoms with E-state index in [1.807, 2.05) is 12.1 Å². The van der Waals surface area contributed by atoms with Crippen LogP contribution in [0.15, 0.2) is 40.9 Å². The van der Waals surface area contributed by atoms with Crippen LogP contribution < -0.4 is 19.5 Å². The van der Waals surface area contributed by atoms with Crippen LogP contribution in [0.3, 0.4) is 0 Å². The molecule has 4 rings (SSSR count). The van der Waals surface area contributed by atoms with E-state index in [0.717, 1.165) is 18.4 Å². The second-order valence-electron chi connectivity index (χ2n) is 8.22. The fourth-order valence-electron chi connectivity index (χ4n) is 4.17. The number of carbonyl (C=O) groups excluding carboxylic acids is 2. The molecule has 0 saturated carbocycles. The molecule has 10 nitrogen and oxygen atoms in total.